The largest absolute Gasteiger partial charge is 0.545 e. The molecule has 0 bridgehead atoms. The van der Waals surface area contributed by atoms with Crippen molar-refractivity contribution in [3.63, 3.8) is 0 Å². The van der Waals surface area contributed by atoms with Crippen molar-refractivity contribution in [2.45, 2.75) is 26.9 Å². The van der Waals surface area contributed by atoms with Crippen molar-refractivity contribution in [3.05, 3.63) is 59.7 Å². The first kappa shape index (κ1) is 16.0. The number of ether oxygens (including phenoxy) is 1. The fourth-order valence-electron chi connectivity index (χ4n) is 2.69. The van der Waals surface area contributed by atoms with E-state index in [9.17, 15) is 9.90 Å². The maximum Gasteiger partial charge on any atom is 0.119 e. The molecule has 4 nitrogen and oxygen atoms in total. The van der Waals surface area contributed by atoms with Gasteiger partial charge in [0.1, 0.15) is 5.75 Å². The van der Waals surface area contributed by atoms with Gasteiger partial charge in [-0.1, -0.05) is 18.2 Å². The van der Waals surface area contributed by atoms with E-state index in [1.165, 1.54) is 0 Å². The summed E-state index contributed by atoms with van der Waals surface area (Å²) < 4.78 is 5.63. The van der Waals surface area contributed by atoms with Crippen molar-refractivity contribution in [1.29, 1.82) is 0 Å². The number of rotatable bonds is 4. The molecule has 2 aromatic carbocycles. The quantitative estimate of drug-likeness (QED) is 0.739. The lowest BCUT2D eigenvalue weighted by atomic mass is 10.0. The molecule has 122 valence electrons. The maximum absolute atomic E-state index is 11.5. The van der Waals surface area contributed by atoms with Crippen molar-refractivity contribution >= 4 is 16.9 Å². The number of hydrogen-bond donors (Lipinski definition) is 0. The molecule has 0 unspecified atom stereocenters. The van der Waals surface area contributed by atoms with E-state index in [2.05, 4.69) is 4.98 Å². The van der Waals surface area contributed by atoms with Crippen LogP contribution in [0.5, 0.6) is 5.75 Å². The summed E-state index contributed by atoms with van der Waals surface area (Å²) >= 11 is 0. The van der Waals surface area contributed by atoms with Gasteiger partial charge in [0.05, 0.1) is 23.3 Å². The highest BCUT2D eigenvalue weighted by atomic mass is 16.5. The lowest BCUT2D eigenvalue weighted by molar-refractivity contribution is -0.254. The zero-order chi connectivity index (χ0) is 17.3. The lowest BCUT2D eigenvalue weighted by Crippen LogP contribution is -2.22. The Hall–Kier alpha value is -2.88. The van der Waals surface area contributed by atoms with Gasteiger partial charge < -0.3 is 14.6 Å². The summed E-state index contributed by atoms with van der Waals surface area (Å²) in [6.07, 6.45) is 0.0991. The number of nitrogens with zero attached hydrogens (tertiary/aromatic N) is 1. The van der Waals surface area contributed by atoms with Gasteiger partial charge in [0.15, 0.2) is 0 Å². The van der Waals surface area contributed by atoms with E-state index >= 15 is 0 Å². The van der Waals surface area contributed by atoms with E-state index in [0.717, 1.165) is 16.9 Å². The summed E-state index contributed by atoms with van der Waals surface area (Å²) in [7, 11) is 0. The number of para-hydroxylation sites is 1. The number of pyridine rings is 1. The van der Waals surface area contributed by atoms with Crippen molar-refractivity contribution < 1.29 is 14.6 Å². The minimum Gasteiger partial charge on any atom is -0.545 e. The Morgan fingerprint density at radius 1 is 1.12 bits per heavy atom. The van der Waals surface area contributed by atoms with Crippen LogP contribution in [0.3, 0.4) is 0 Å². The first-order valence-electron chi connectivity index (χ1n) is 7.84. The second kappa shape index (κ2) is 6.32. The topological polar surface area (TPSA) is 62.2 Å². The van der Waals surface area contributed by atoms with Gasteiger partial charge in [-0.25, -0.2) is 4.98 Å². The zero-order valence-corrected chi connectivity index (χ0v) is 13.9. The number of aromatic carboxylic acids is 1. The van der Waals surface area contributed by atoms with E-state index in [-0.39, 0.29) is 11.7 Å². The lowest BCUT2D eigenvalue weighted by Gasteiger charge is -2.13. The minimum absolute atomic E-state index is 0.0991. The third kappa shape index (κ3) is 3.08. The molecule has 0 fully saturated rings. The van der Waals surface area contributed by atoms with Crippen molar-refractivity contribution in [2.24, 2.45) is 0 Å². The summed E-state index contributed by atoms with van der Waals surface area (Å²) in [4.78, 5) is 16.2. The Balaban J connectivity index is 2.12. The van der Waals surface area contributed by atoms with Gasteiger partial charge in [-0.15, -0.1) is 0 Å². The van der Waals surface area contributed by atoms with E-state index in [0.29, 0.717) is 16.6 Å². The first-order valence-corrected chi connectivity index (χ1v) is 7.84. The molecule has 0 saturated carbocycles. The van der Waals surface area contributed by atoms with Gasteiger partial charge in [0.2, 0.25) is 0 Å². The molecule has 3 rings (SSSR count). The molecule has 0 aliphatic heterocycles. The number of aryl methyl sites for hydroxylation is 1. The highest BCUT2D eigenvalue weighted by molar-refractivity contribution is 6.03. The van der Waals surface area contributed by atoms with Crippen LogP contribution < -0.4 is 9.84 Å². The van der Waals surface area contributed by atoms with Crippen molar-refractivity contribution in [3.8, 4) is 17.0 Å². The SMILES string of the molecule is Cc1cccc2c(C(=O)[O-])cc(-c3ccc(OC(C)C)cc3)nc12. The fraction of sp³-hybridized carbons (Fsp3) is 0.200. The molecule has 4 heteroatoms. The summed E-state index contributed by atoms with van der Waals surface area (Å²) in [6, 6.07) is 14.5. The average Bonchev–Trinajstić information content (AvgIpc) is 2.54. The smallest absolute Gasteiger partial charge is 0.119 e. The molecule has 0 aliphatic carbocycles. The van der Waals surface area contributed by atoms with Gasteiger partial charge in [-0.3, -0.25) is 0 Å². The second-order valence-corrected chi connectivity index (χ2v) is 6.00. The van der Waals surface area contributed by atoms with Crippen LogP contribution in [0.1, 0.15) is 29.8 Å². The molecule has 1 aromatic heterocycles. The molecule has 0 saturated heterocycles. The fourth-order valence-corrected chi connectivity index (χ4v) is 2.69. The summed E-state index contributed by atoms with van der Waals surface area (Å²) in [5.74, 6) is -0.431. The number of carboxylic acid groups (broad SMARTS) is 1. The van der Waals surface area contributed by atoms with Gasteiger partial charge in [0.25, 0.3) is 0 Å². The Morgan fingerprint density at radius 3 is 2.46 bits per heavy atom. The third-order valence-corrected chi connectivity index (χ3v) is 3.78. The number of carboxylic acids is 1. The van der Waals surface area contributed by atoms with Crippen LogP contribution in [-0.2, 0) is 0 Å². The number of carbonyl (C=O) groups excluding carboxylic acids is 1. The molecule has 0 amide bonds. The van der Waals surface area contributed by atoms with Crippen molar-refractivity contribution in [1.82, 2.24) is 4.98 Å². The number of carbonyl (C=O) groups is 1. The van der Waals surface area contributed by atoms with Crippen LogP contribution in [-0.4, -0.2) is 17.1 Å². The molecule has 0 radical (unpaired) electrons. The second-order valence-electron chi connectivity index (χ2n) is 6.00. The normalized spacial score (nSPS) is 11.0. The third-order valence-electron chi connectivity index (χ3n) is 3.78. The molecular formula is C20H18NO3-. The predicted octanol–water partition coefficient (Wildman–Crippen LogP) is 3.36. The standard InChI is InChI=1S/C20H19NO3/c1-12(2)24-15-9-7-14(8-10-15)18-11-17(20(22)23)16-6-4-5-13(3)19(16)21-18/h4-12H,1-3H3,(H,22,23)/p-1. The zero-order valence-electron chi connectivity index (χ0n) is 13.9. The molecule has 0 aliphatic rings. The summed E-state index contributed by atoms with van der Waals surface area (Å²) in [5.41, 5.74) is 3.19. The van der Waals surface area contributed by atoms with Gasteiger partial charge in [-0.05, 0) is 56.7 Å². The monoisotopic (exact) mass is 320 g/mol. The molecule has 0 atom stereocenters. The molecule has 3 aromatic rings. The van der Waals surface area contributed by atoms with Crippen LogP contribution in [0.25, 0.3) is 22.2 Å². The van der Waals surface area contributed by atoms with Gasteiger partial charge in [-0.2, -0.15) is 0 Å². The van der Waals surface area contributed by atoms with Gasteiger partial charge >= 0.3 is 0 Å². The molecular weight excluding hydrogens is 302 g/mol. The molecule has 0 spiro atoms. The van der Waals surface area contributed by atoms with Crippen LogP contribution in [0.2, 0.25) is 0 Å². The Bertz CT molecular complexity index is 899. The van der Waals surface area contributed by atoms with E-state index in [4.69, 9.17) is 4.74 Å². The summed E-state index contributed by atoms with van der Waals surface area (Å²) in [6.45, 7) is 5.85. The van der Waals surface area contributed by atoms with Crippen LogP contribution in [0.4, 0.5) is 0 Å². The highest BCUT2D eigenvalue weighted by Gasteiger charge is 2.10. The van der Waals surface area contributed by atoms with Crippen LogP contribution >= 0.6 is 0 Å². The minimum atomic E-state index is -1.20. The Labute approximate surface area is 140 Å². The maximum atomic E-state index is 11.5. The van der Waals surface area contributed by atoms with E-state index < -0.39 is 5.97 Å². The molecule has 1 heterocycles. The van der Waals surface area contributed by atoms with Crippen molar-refractivity contribution in [2.75, 3.05) is 0 Å². The van der Waals surface area contributed by atoms with E-state index in [1.807, 2.05) is 57.2 Å². The van der Waals surface area contributed by atoms with E-state index in [1.54, 1.807) is 12.1 Å². The van der Waals surface area contributed by atoms with Gasteiger partial charge in [0, 0.05) is 16.5 Å². The number of benzene rings is 2. The highest BCUT2D eigenvalue weighted by Crippen LogP contribution is 2.27. The number of fused-ring (bicyclic) bond motifs is 1. The number of hydrogen-bond acceptors (Lipinski definition) is 4. The Kier molecular flexibility index (Phi) is 4.21. The van der Waals surface area contributed by atoms with Crippen LogP contribution in [0, 0.1) is 6.92 Å². The Morgan fingerprint density at radius 2 is 1.83 bits per heavy atom. The summed E-state index contributed by atoms with van der Waals surface area (Å²) in [5, 5.41) is 12.1. The average molecular weight is 320 g/mol. The molecule has 0 N–H and O–H groups in total. The number of aromatic nitrogens is 1. The predicted molar refractivity (Wildman–Crippen MR) is 92.0 cm³/mol. The first-order chi connectivity index (χ1) is 11.5. The molecule has 24 heavy (non-hydrogen) atoms. The van der Waals surface area contributed by atoms with Crippen LogP contribution in [0.15, 0.2) is 48.5 Å².